The Morgan fingerprint density at radius 2 is 1.77 bits per heavy atom. The van der Waals surface area contributed by atoms with Crippen molar-refractivity contribution in [2.45, 2.75) is 45.1 Å². The van der Waals surface area contributed by atoms with Crippen molar-refractivity contribution in [1.82, 2.24) is 4.90 Å². The van der Waals surface area contributed by atoms with Gasteiger partial charge in [0, 0.05) is 19.1 Å². The van der Waals surface area contributed by atoms with E-state index in [0.717, 1.165) is 31.5 Å². The fourth-order valence-corrected chi connectivity index (χ4v) is 3.01. The number of nitrogens with two attached hydrogens (primary N) is 1. The van der Waals surface area contributed by atoms with Crippen LogP contribution in [0.2, 0.25) is 0 Å². The molecule has 124 valence electrons. The van der Waals surface area contributed by atoms with Gasteiger partial charge in [-0.05, 0) is 57.2 Å². The standard InChI is InChI=1S/C17H25FN2O.ClH/c1-12(19)13-8-10-20(11-9-13)16(21)17(2,3)14-4-6-15(18)7-5-14;/h4-7,12-13H,8-11,19H2,1-3H3;1H. The second-order valence-corrected chi connectivity index (χ2v) is 6.62. The molecular weight excluding hydrogens is 303 g/mol. The van der Waals surface area contributed by atoms with E-state index >= 15 is 0 Å². The van der Waals surface area contributed by atoms with E-state index in [2.05, 4.69) is 0 Å². The number of amides is 1. The van der Waals surface area contributed by atoms with Crippen LogP contribution in [0.25, 0.3) is 0 Å². The second kappa shape index (κ2) is 7.42. The molecule has 5 heteroatoms. The van der Waals surface area contributed by atoms with Gasteiger partial charge in [-0.1, -0.05) is 12.1 Å². The molecule has 0 bridgehead atoms. The number of hydrogen-bond acceptors (Lipinski definition) is 2. The van der Waals surface area contributed by atoms with Crippen molar-refractivity contribution in [2.75, 3.05) is 13.1 Å². The SMILES string of the molecule is CC(N)C1CCN(C(=O)C(C)(C)c2ccc(F)cc2)CC1.Cl. The highest BCUT2D eigenvalue weighted by molar-refractivity contribution is 5.87. The largest absolute Gasteiger partial charge is 0.342 e. The van der Waals surface area contributed by atoms with Crippen LogP contribution >= 0.6 is 12.4 Å². The zero-order chi connectivity index (χ0) is 15.6. The van der Waals surface area contributed by atoms with Crippen LogP contribution in [0.1, 0.15) is 39.2 Å². The van der Waals surface area contributed by atoms with Gasteiger partial charge in [0.15, 0.2) is 0 Å². The van der Waals surface area contributed by atoms with E-state index < -0.39 is 5.41 Å². The Kier molecular flexibility index (Phi) is 6.38. The van der Waals surface area contributed by atoms with Crippen molar-refractivity contribution in [3.63, 3.8) is 0 Å². The smallest absolute Gasteiger partial charge is 0.232 e. The quantitative estimate of drug-likeness (QED) is 0.926. The Morgan fingerprint density at radius 1 is 1.27 bits per heavy atom. The van der Waals surface area contributed by atoms with Gasteiger partial charge in [0.1, 0.15) is 5.82 Å². The summed E-state index contributed by atoms with van der Waals surface area (Å²) in [5.41, 5.74) is 6.16. The van der Waals surface area contributed by atoms with Gasteiger partial charge in [0.2, 0.25) is 5.91 Å². The first kappa shape index (κ1) is 18.9. The second-order valence-electron chi connectivity index (χ2n) is 6.62. The van der Waals surface area contributed by atoms with Gasteiger partial charge >= 0.3 is 0 Å². The van der Waals surface area contributed by atoms with Crippen LogP contribution in [0, 0.1) is 11.7 Å². The lowest BCUT2D eigenvalue weighted by atomic mass is 9.82. The first-order valence-corrected chi connectivity index (χ1v) is 7.63. The fraction of sp³-hybridized carbons (Fsp3) is 0.588. The van der Waals surface area contributed by atoms with Crippen molar-refractivity contribution < 1.29 is 9.18 Å². The van der Waals surface area contributed by atoms with E-state index in [1.165, 1.54) is 12.1 Å². The molecule has 1 aliphatic heterocycles. The lowest BCUT2D eigenvalue weighted by molar-refractivity contribution is -0.137. The Bertz CT molecular complexity index is 494. The molecule has 1 aromatic rings. The maximum atomic E-state index is 13.0. The fourth-order valence-electron chi connectivity index (χ4n) is 3.01. The Hall–Kier alpha value is -1.13. The number of hydrogen-bond donors (Lipinski definition) is 1. The number of carbonyl (C=O) groups excluding carboxylic acids is 1. The monoisotopic (exact) mass is 328 g/mol. The molecule has 1 fully saturated rings. The molecule has 1 aliphatic rings. The minimum absolute atomic E-state index is 0. The maximum Gasteiger partial charge on any atom is 0.232 e. The molecule has 1 atom stereocenters. The van der Waals surface area contributed by atoms with E-state index in [-0.39, 0.29) is 30.2 Å². The van der Waals surface area contributed by atoms with Crippen molar-refractivity contribution in [2.24, 2.45) is 11.7 Å². The molecule has 0 spiro atoms. The van der Waals surface area contributed by atoms with Crippen molar-refractivity contribution in [1.29, 1.82) is 0 Å². The number of piperidine rings is 1. The highest BCUT2D eigenvalue weighted by atomic mass is 35.5. The Labute approximate surface area is 138 Å². The molecular formula is C17H26ClFN2O. The van der Waals surface area contributed by atoms with E-state index in [0.29, 0.717) is 5.92 Å². The number of carbonyl (C=O) groups is 1. The summed E-state index contributed by atoms with van der Waals surface area (Å²) in [5, 5.41) is 0. The van der Waals surface area contributed by atoms with Crippen LogP contribution in [0.5, 0.6) is 0 Å². The molecule has 22 heavy (non-hydrogen) atoms. The minimum Gasteiger partial charge on any atom is -0.342 e. The summed E-state index contributed by atoms with van der Waals surface area (Å²) in [5.74, 6) is 0.333. The number of benzene rings is 1. The van der Waals surface area contributed by atoms with Crippen LogP contribution < -0.4 is 5.73 Å². The average Bonchev–Trinajstić information content (AvgIpc) is 2.47. The Balaban J connectivity index is 0.00000242. The summed E-state index contributed by atoms with van der Waals surface area (Å²) in [7, 11) is 0. The lowest BCUT2D eigenvalue weighted by Crippen LogP contribution is -2.48. The van der Waals surface area contributed by atoms with Crippen LogP contribution in [0.15, 0.2) is 24.3 Å². The molecule has 1 aromatic carbocycles. The predicted molar refractivity (Wildman–Crippen MR) is 89.6 cm³/mol. The van der Waals surface area contributed by atoms with Gasteiger partial charge < -0.3 is 10.6 Å². The summed E-state index contributed by atoms with van der Waals surface area (Å²) in [6.45, 7) is 7.36. The van der Waals surface area contributed by atoms with E-state index in [1.54, 1.807) is 12.1 Å². The molecule has 1 saturated heterocycles. The van der Waals surface area contributed by atoms with Crippen LogP contribution in [-0.2, 0) is 10.2 Å². The van der Waals surface area contributed by atoms with E-state index in [1.807, 2.05) is 25.7 Å². The third-order valence-electron chi connectivity index (χ3n) is 4.67. The van der Waals surface area contributed by atoms with Crippen LogP contribution in [0.4, 0.5) is 4.39 Å². The number of nitrogens with zero attached hydrogens (tertiary/aromatic N) is 1. The molecule has 0 aliphatic carbocycles. The van der Waals surface area contributed by atoms with Gasteiger partial charge in [-0.3, -0.25) is 4.79 Å². The number of halogens is 2. The average molecular weight is 329 g/mol. The molecule has 1 heterocycles. The molecule has 1 amide bonds. The van der Waals surface area contributed by atoms with Crippen LogP contribution in [0.3, 0.4) is 0 Å². The Morgan fingerprint density at radius 3 is 2.23 bits per heavy atom. The normalized spacial score (nSPS) is 17.8. The van der Waals surface area contributed by atoms with Gasteiger partial charge in [0.05, 0.1) is 5.41 Å². The predicted octanol–water partition coefficient (Wildman–Crippen LogP) is 3.11. The molecule has 0 aromatic heterocycles. The molecule has 1 unspecified atom stereocenters. The zero-order valence-corrected chi connectivity index (χ0v) is 14.3. The minimum atomic E-state index is -0.630. The molecule has 2 N–H and O–H groups in total. The summed E-state index contributed by atoms with van der Waals surface area (Å²) in [6, 6.07) is 6.40. The topological polar surface area (TPSA) is 46.3 Å². The van der Waals surface area contributed by atoms with Crippen LogP contribution in [-0.4, -0.2) is 29.9 Å². The molecule has 3 nitrogen and oxygen atoms in total. The number of rotatable bonds is 3. The summed E-state index contributed by atoms with van der Waals surface area (Å²) in [4.78, 5) is 14.7. The van der Waals surface area contributed by atoms with Gasteiger partial charge in [0.25, 0.3) is 0 Å². The van der Waals surface area contributed by atoms with Crippen molar-refractivity contribution in [3.05, 3.63) is 35.6 Å². The molecule has 0 radical (unpaired) electrons. The number of likely N-dealkylation sites (tertiary alicyclic amines) is 1. The van der Waals surface area contributed by atoms with E-state index in [4.69, 9.17) is 5.73 Å². The third kappa shape index (κ3) is 3.99. The summed E-state index contributed by atoms with van der Waals surface area (Å²) < 4.78 is 13.0. The first-order chi connectivity index (χ1) is 9.82. The van der Waals surface area contributed by atoms with Gasteiger partial charge in [-0.25, -0.2) is 4.39 Å². The zero-order valence-electron chi connectivity index (χ0n) is 13.5. The molecule has 0 saturated carbocycles. The first-order valence-electron chi connectivity index (χ1n) is 7.63. The summed E-state index contributed by atoms with van der Waals surface area (Å²) in [6.07, 6.45) is 1.92. The third-order valence-corrected chi connectivity index (χ3v) is 4.67. The van der Waals surface area contributed by atoms with Crippen molar-refractivity contribution >= 4 is 18.3 Å². The van der Waals surface area contributed by atoms with E-state index in [9.17, 15) is 9.18 Å². The maximum absolute atomic E-state index is 13.0. The van der Waals surface area contributed by atoms with Gasteiger partial charge in [-0.15, -0.1) is 12.4 Å². The highest BCUT2D eigenvalue weighted by Gasteiger charge is 2.35. The van der Waals surface area contributed by atoms with Crippen molar-refractivity contribution in [3.8, 4) is 0 Å². The highest BCUT2D eigenvalue weighted by Crippen LogP contribution is 2.29. The lowest BCUT2D eigenvalue weighted by Gasteiger charge is -2.38. The molecule has 2 rings (SSSR count). The summed E-state index contributed by atoms with van der Waals surface area (Å²) >= 11 is 0. The van der Waals surface area contributed by atoms with Gasteiger partial charge in [-0.2, -0.15) is 0 Å².